The summed E-state index contributed by atoms with van der Waals surface area (Å²) in [7, 11) is 0. The third-order valence-electron chi connectivity index (χ3n) is 13.8. The third kappa shape index (κ3) is 5.84. The molecule has 304 valence electrons. The van der Waals surface area contributed by atoms with E-state index in [1.807, 2.05) is 0 Å². The highest BCUT2D eigenvalue weighted by molar-refractivity contribution is 6.24. The predicted molar refractivity (Wildman–Crippen MR) is 277 cm³/mol. The third-order valence-corrected chi connectivity index (χ3v) is 13.8. The summed E-state index contributed by atoms with van der Waals surface area (Å²) in [5.41, 5.74) is 14.3. The number of aryl methyl sites for hydroxylation is 2. The van der Waals surface area contributed by atoms with Crippen molar-refractivity contribution in [3.63, 3.8) is 0 Å². The molecule has 12 aromatic carbocycles. The predicted octanol–water partition coefficient (Wildman–Crippen LogP) is 17.2. The highest BCUT2D eigenvalue weighted by Crippen LogP contribution is 2.46. The molecule has 0 unspecified atom stereocenters. The van der Waals surface area contributed by atoms with Crippen molar-refractivity contribution in [2.45, 2.75) is 13.8 Å². The number of para-hydroxylation sites is 1. The summed E-state index contributed by atoms with van der Waals surface area (Å²) in [6.45, 7) is 4.31. The van der Waals surface area contributed by atoms with Crippen molar-refractivity contribution in [3.05, 3.63) is 230 Å². The zero-order chi connectivity index (χ0) is 43.2. The van der Waals surface area contributed by atoms with Crippen molar-refractivity contribution in [1.82, 2.24) is 9.55 Å². The molecule has 1 heterocycles. The lowest BCUT2D eigenvalue weighted by molar-refractivity contribution is 1.00. The Morgan fingerprint density at radius 2 is 0.862 bits per heavy atom. The number of benzene rings is 12. The molecule has 0 saturated carbocycles. The Morgan fingerprint density at radius 3 is 1.54 bits per heavy atom. The summed E-state index contributed by atoms with van der Waals surface area (Å²) >= 11 is 0. The van der Waals surface area contributed by atoms with Gasteiger partial charge in [0.15, 0.2) is 0 Å². The molecule has 2 heteroatoms. The van der Waals surface area contributed by atoms with Gasteiger partial charge >= 0.3 is 0 Å². The molecule has 2 nitrogen and oxygen atoms in total. The Bertz CT molecular complexity index is 4010. The molecule has 0 aliphatic heterocycles. The summed E-state index contributed by atoms with van der Waals surface area (Å²) in [4.78, 5) is 4.97. The first-order valence-corrected chi connectivity index (χ1v) is 22.5. The number of aromatic nitrogens is 2. The summed E-state index contributed by atoms with van der Waals surface area (Å²) < 4.78 is 2.23. The van der Waals surface area contributed by atoms with Gasteiger partial charge in [0.2, 0.25) is 0 Å². The monoisotopic (exact) mass is 826 g/mol. The van der Waals surface area contributed by atoms with Gasteiger partial charge < -0.3 is 0 Å². The van der Waals surface area contributed by atoms with Crippen LogP contribution in [0.25, 0.3) is 126 Å². The SMILES string of the molecule is Cc1cccc2ccc3cccc(-c4cccc5ccc6cc(-c7c8ccccc8c(-c8ccc(-c9ccc%10c(c9)nc(C)n%10-c9ccccc9)cc8)c8ccccc78)ccc6c45)c3c12. The molecular formula is C63H42N2. The quantitative estimate of drug-likeness (QED) is 0.125. The van der Waals surface area contributed by atoms with Crippen LogP contribution >= 0.6 is 0 Å². The van der Waals surface area contributed by atoms with Crippen molar-refractivity contribution in [2.75, 3.05) is 0 Å². The molecule has 0 aliphatic carbocycles. The number of hydrogen-bond donors (Lipinski definition) is 0. The Kier molecular flexibility index (Phi) is 8.38. The number of imidazole rings is 1. The zero-order valence-electron chi connectivity index (χ0n) is 36.2. The van der Waals surface area contributed by atoms with Gasteiger partial charge in [0.1, 0.15) is 5.82 Å². The van der Waals surface area contributed by atoms with E-state index in [2.05, 4.69) is 237 Å². The van der Waals surface area contributed by atoms with Crippen LogP contribution in [0.2, 0.25) is 0 Å². The maximum absolute atomic E-state index is 4.97. The van der Waals surface area contributed by atoms with Crippen molar-refractivity contribution in [3.8, 4) is 50.2 Å². The van der Waals surface area contributed by atoms with Crippen LogP contribution in [0.1, 0.15) is 11.4 Å². The summed E-state index contributed by atoms with van der Waals surface area (Å²) in [6, 6.07) is 80.6. The van der Waals surface area contributed by atoms with Crippen LogP contribution in [0.4, 0.5) is 0 Å². The van der Waals surface area contributed by atoms with Gasteiger partial charge in [-0.1, -0.05) is 188 Å². The fraction of sp³-hybridized carbons (Fsp3) is 0.0317. The van der Waals surface area contributed by atoms with Crippen LogP contribution in [0.5, 0.6) is 0 Å². The molecule has 13 aromatic rings. The van der Waals surface area contributed by atoms with Gasteiger partial charge in [-0.2, -0.15) is 0 Å². The molecule has 65 heavy (non-hydrogen) atoms. The van der Waals surface area contributed by atoms with Gasteiger partial charge in [-0.15, -0.1) is 0 Å². The van der Waals surface area contributed by atoms with Crippen LogP contribution < -0.4 is 0 Å². The first-order chi connectivity index (χ1) is 32.1. The second-order valence-corrected chi connectivity index (χ2v) is 17.5. The summed E-state index contributed by atoms with van der Waals surface area (Å²) in [6.07, 6.45) is 0. The Morgan fingerprint density at radius 1 is 0.338 bits per heavy atom. The largest absolute Gasteiger partial charge is 0.297 e. The fourth-order valence-corrected chi connectivity index (χ4v) is 10.9. The van der Waals surface area contributed by atoms with E-state index in [-0.39, 0.29) is 0 Å². The molecule has 0 saturated heterocycles. The van der Waals surface area contributed by atoms with Crippen molar-refractivity contribution in [2.24, 2.45) is 0 Å². The first-order valence-electron chi connectivity index (χ1n) is 22.5. The van der Waals surface area contributed by atoms with Crippen molar-refractivity contribution < 1.29 is 0 Å². The lowest BCUT2D eigenvalue weighted by Crippen LogP contribution is -1.95. The minimum Gasteiger partial charge on any atom is -0.297 e. The molecule has 0 radical (unpaired) electrons. The molecule has 0 spiro atoms. The maximum Gasteiger partial charge on any atom is 0.111 e. The Balaban J connectivity index is 0.942. The highest BCUT2D eigenvalue weighted by atomic mass is 15.1. The minimum atomic E-state index is 0.980. The molecule has 0 amide bonds. The van der Waals surface area contributed by atoms with Gasteiger partial charge in [-0.25, -0.2) is 4.98 Å². The van der Waals surface area contributed by atoms with Crippen molar-refractivity contribution in [1.29, 1.82) is 0 Å². The van der Waals surface area contributed by atoms with Gasteiger partial charge in [0.05, 0.1) is 11.0 Å². The second kappa shape index (κ2) is 14.6. The lowest BCUT2D eigenvalue weighted by Gasteiger charge is -2.19. The number of hydrogen-bond acceptors (Lipinski definition) is 1. The smallest absolute Gasteiger partial charge is 0.111 e. The topological polar surface area (TPSA) is 17.8 Å². The van der Waals surface area contributed by atoms with E-state index in [0.29, 0.717) is 0 Å². The van der Waals surface area contributed by atoms with E-state index in [9.17, 15) is 0 Å². The Hall–Kier alpha value is -8.33. The molecule has 0 atom stereocenters. The average Bonchev–Trinajstić information content (AvgIpc) is 3.70. The van der Waals surface area contributed by atoms with Crippen LogP contribution in [-0.4, -0.2) is 9.55 Å². The normalized spacial score (nSPS) is 11.8. The van der Waals surface area contributed by atoms with Gasteiger partial charge in [0.25, 0.3) is 0 Å². The Labute approximate surface area is 377 Å². The molecular weight excluding hydrogens is 785 g/mol. The van der Waals surface area contributed by atoms with Gasteiger partial charge in [0, 0.05) is 5.69 Å². The molecule has 13 rings (SSSR count). The van der Waals surface area contributed by atoms with E-state index in [1.165, 1.54) is 109 Å². The number of nitrogens with zero attached hydrogens (tertiary/aromatic N) is 2. The summed E-state index contributed by atoms with van der Waals surface area (Å²) in [5.74, 6) is 0.980. The number of rotatable bonds is 5. The minimum absolute atomic E-state index is 0.980. The van der Waals surface area contributed by atoms with Gasteiger partial charge in [-0.3, -0.25) is 4.57 Å². The van der Waals surface area contributed by atoms with Gasteiger partial charge in [-0.05, 0) is 159 Å². The maximum atomic E-state index is 4.97. The lowest BCUT2D eigenvalue weighted by atomic mass is 9.84. The van der Waals surface area contributed by atoms with E-state index in [1.54, 1.807) is 0 Å². The van der Waals surface area contributed by atoms with Crippen LogP contribution in [-0.2, 0) is 0 Å². The van der Waals surface area contributed by atoms with Crippen molar-refractivity contribution >= 4 is 75.7 Å². The first kappa shape index (κ1) is 37.2. The number of fused-ring (bicyclic) bond motifs is 9. The van der Waals surface area contributed by atoms with E-state index >= 15 is 0 Å². The molecule has 0 bridgehead atoms. The second-order valence-electron chi connectivity index (χ2n) is 17.5. The fourth-order valence-electron chi connectivity index (χ4n) is 10.9. The van der Waals surface area contributed by atoms with E-state index in [0.717, 1.165) is 28.1 Å². The standard InChI is InChI=1S/C63H42N2/c1-39-13-10-14-42-29-30-44-16-12-24-56(63(44)59(39)42)55-23-11-15-43-31-32-47-37-48(33-35-50(47)60(43)55)62-53-21-8-6-19-51(53)61(52-20-7-9-22-54(52)62)45-27-25-41(26-28-45)46-34-36-58-57(38-46)64-40(2)65(58)49-17-4-3-5-18-49/h3-38H,1-2H3. The summed E-state index contributed by atoms with van der Waals surface area (Å²) in [5, 5.41) is 15.2. The van der Waals surface area contributed by atoms with E-state index in [4.69, 9.17) is 4.98 Å². The van der Waals surface area contributed by atoms with Crippen LogP contribution in [0, 0.1) is 13.8 Å². The molecule has 0 fully saturated rings. The van der Waals surface area contributed by atoms with E-state index < -0.39 is 0 Å². The highest BCUT2D eigenvalue weighted by Gasteiger charge is 2.19. The molecule has 0 aliphatic rings. The molecule has 1 aromatic heterocycles. The molecule has 0 N–H and O–H groups in total. The zero-order valence-corrected chi connectivity index (χ0v) is 36.2. The average molecular weight is 827 g/mol. The van der Waals surface area contributed by atoms with Crippen LogP contribution in [0.3, 0.4) is 0 Å². The van der Waals surface area contributed by atoms with Crippen LogP contribution in [0.15, 0.2) is 218 Å².